The summed E-state index contributed by atoms with van der Waals surface area (Å²) in [5, 5.41) is 31.1. The summed E-state index contributed by atoms with van der Waals surface area (Å²) in [4.78, 5) is 70.2. The molecule has 2 aliphatic rings. The van der Waals surface area contributed by atoms with Crippen molar-refractivity contribution in [3.63, 3.8) is 0 Å². The van der Waals surface area contributed by atoms with Crippen molar-refractivity contribution in [1.29, 1.82) is 0 Å². The number of carboxylic acids is 2. The van der Waals surface area contributed by atoms with Gasteiger partial charge in [-0.1, -0.05) is 0 Å². The zero-order valence-electron chi connectivity index (χ0n) is 21.5. The van der Waals surface area contributed by atoms with Gasteiger partial charge in [-0.3, -0.25) is 29.1 Å². The third-order valence-electron chi connectivity index (χ3n) is 6.90. The topological polar surface area (TPSA) is 235 Å². The van der Waals surface area contributed by atoms with Crippen LogP contribution in [0.3, 0.4) is 0 Å². The number of H-pyrrole nitrogens is 1. The van der Waals surface area contributed by atoms with Crippen molar-refractivity contribution in [3.8, 4) is 0 Å². The van der Waals surface area contributed by atoms with Crippen LogP contribution < -0.4 is 37.5 Å². The maximum absolute atomic E-state index is 13.1. The number of aromatic nitrogens is 2. The van der Waals surface area contributed by atoms with Gasteiger partial charge in [-0.25, -0.2) is 4.79 Å². The molecule has 2 atom stereocenters. The van der Waals surface area contributed by atoms with Gasteiger partial charge < -0.3 is 42.1 Å². The molecule has 0 bridgehead atoms. The van der Waals surface area contributed by atoms with Crippen LogP contribution in [-0.4, -0.2) is 100 Å². The molecule has 40 heavy (non-hydrogen) atoms. The fourth-order valence-electron chi connectivity index (χ4n) is 4.82. The molecule has 1 aromatic carbocycles. The maximum atomic E-state index is 13.1. The first-order valence-electron chi connectivity index (χ1n) is 12.6. The van der Waals surface area contributed by atoms with E-state index in [0.29, 0.717) is 44.8 Å². The Labute approximate surface area is 227 Å². The van der Waals surface area contributed by atoms with Gasteiger partial charge in [0.15, 0.2) is 17.2 Å². The molecule has 4 rings (SSSR count). The lowest BCUT2D eigenvalue weighted by molar-refractivity contribution is -0.156. The number of amides is 2. The first kappa shape index (κ1) is 28.3. The highest BCUT2D eigenvalue weighted by molar-refractivity contribution is 5.98. The third kappa shape index (κ3) is 5.97. The Morgan fingerprint density at radius 1 is 1.18 bits per heavy atom. The van der Waals surface area contributed by atoms with Gasteiger partial charge in [0.05, 0.1) is 6.04 Å². The quantitative estimate of drug-likeness (QED) is 0.147. The lowest BCUT2D eigenvalue weighted by atomic mass is 9.99. The molecule has 2 aliphatic heterocycles. The summed E-state index contributed by atoms with van der Waals surface area (Å²) in [6.07, 6.45) is -0.198. The molecule has 0 aliphatic carbocycles. The number of hydrogen-bond donors (Lipinski definition) is 8. The summed E-state index contributed by atoms with van der Waals surface area (Å²) < 4.78 is 0. The van der Waals surface area contributed by atoms with Crippen LogP contribution >= 0.6 is 0 Å². The smallest absolute Gasteiger partial charge is 0.344 e. The van der Waals surface area contributed by atoms with E-state index in [1.165, 1.54) is 17.0 Å². The fraction of sp³-hybridized carbons (Fsp3) is 0.417. The molecule has 1 saturated heterocycles. The molecule has 0 spiro atoms. The van der Waals surface area contributed by atoms with Crippen molar-refractivity contribution in [1.82, 2.24) is 25.5 Å². The summed E-state index contributed by atoms with van der Waals surface area (Å²) >= 11 is 0. The normalized spacial score (nSPS) is 18.5. The molecule has 0 saturated carbocycles. The van der Waals surface area contributed by atoms with Gasteiger partial charge in [0, 0.05) is 63.4 Å². The number of fused-ring (bicyclic) bond motifs is 1. The Morgan fingerprint density at radius 3 is 2.50 bits per heavy atom. The zero-order valence-corrected chi connectivity index (χ0v) is 21.5. The summed E-state index contributed by atoms with van der Waals surface area (Å²) in [5.74, 6) is -3.02. The monoisotopic (exact) mass is 557 g/mol. The van der Waals surface area contributed by atoms with E-state index in [9.17, 15) is 34.2 Å². The van der Waals surface area contributed by atoms with Gasteiger partial charge in [-0.2, -0.15) is 4.98 Å². The number of benzene rings is 1. The van der Waals surface area contributed by atoms with Gasteiger partial charge in [-0.15, -0.1) is 0 Å². The summed E-state index contributed by atoms with van der Waals surface area (Å²) in [6, 6.07) is 5.79. The number of anilines is 4. The van der Waals surface area contributed by atoms with Crippen LogP contribution in [0.5, 0.6) is 0 Å². The van der Waals surface area contributed by atoms with Gasteiger partial charge >= 0.3 is 11.9 Å². The summed E-state index contributed by atoms with van der Waals surface area (Å²) in [5.41, 5.74) is 3.99. The molecule has 3 heterocycles. The van der Waals surface area contributed by atoms with E-state index in [1.807, 2.05) is 0 Å². The maximum Gasteiger partial charge on any atom is 0.344 e. The second-order valence-electron chi connectivity index (χ2n) is 9.40. The summed E-state index contributed by atoms with van der Waals surface area (Å²) in [6.45, 7) is 2.20. The average molecular weight is 558 g/mol. The predicted molar refractivity (Wildman–Crippen MR) is 144 cm³/mol. The molecule has 16 heteroatoms. The zero-order chi connectivity index (χ0) is 28.9. The van der Waals surface area contributed by atoms with Gasteiger partial charge in [-0.05, 0) is 24.3 Å². The Balaban J connectivity index is 1.44. The highest BCUT2D eigenvalue weighted by atomic mass is 16.4. The number of rotatable bonds is 11. The Kier molecular flexibility index (Phi) is 8.49. The van der Waals surface area contributed by atoms with E-state index in [0.717, 1.165) is 0 Å². The largest absolute Gasteiger partial charge is 0.481 e. The number of nitrogens with two attached hydrogens (primary N) is 1. The number of aromatic amines is 1. The minimum Gasteiger partial charge on any atom is -0.481 e. The summed E-state index contributed by atoms with van der Waals surface area (Å²) in [7, 11) is 0. The Morgan fingerprint density at radius 2 is 1.88 bits per heavy atom. The molecule has 9 N–H and O–H groups in total. The Bertz CT molecular complexity index is 1330. The van der Waals surface area contributed by atoms with Crippen LogP contribution in [0.25, 0.3) is 0 Å². The van der Waals surface area contributed by atoms with Crippen molar-refractivity contribution in [3.05, 3.63) is 40.2 Å². The van der Waals surface area contributed by atoms with E-state index >= 15 is 0 Å². The lowest BCUT2D eigenvalue weighted by Crippen LogP contribution is -2.68. The third-order valence-corrected chi connectivity index (χ3v) is 6.90. The second-order valence-corrected chi connectivity index (χ2v) is 9.40. The van der Waals surface area contributed by atoms with Crippen molar-refractivity contribution < 1.29 is 29.4 Å². The minimum atomic E-state index is -1.88. The van der Waals surface area contributed by atoms with Gasteiger partial charge in [0.2, 0.25) is 12.4 Å². The molecule has 214 valence electrons. The fourth-order valence-corrected chi connectivity index (χ4v) is 4.82. The van der Waals surface area contributed by atoms with Crippen molar-refractivity contribution in [2.24, 2.45) is 0 Å². The van der Waals surface area contributed by atoms with Crippen LogP contribution in [0.15, 0.2) is 29.1 Å². The number of carbonyl (C=O) groups is 4. The molecule has 2 amide bonds. The first-order chi connectivity index (χ1) is 19.1. The molecular weight excluding hydrogens is 526 g/mol. The van der Waals surface area contributed by atoms with Crippen molar-refractivity contribution in [2.45, 2.75) is 24.5 Å². The minimum absolute atomic E-state index is 0.0589. The standard InChI is InChI=1S/C24H31N9O7/c25-23-29-19-18(21(38)30-23)33(13-34)16(12-28-19)11-27-15-3-1-14(2-4-15)20(37)31-24(22(39)40,6-5-17(35)36)32-9-7-26-8-10-32/h1-4,13,16,26-27H,5-12H2,(H,31,37)(H,35,36)(H,39,40)(H4,25,28,29,30,38). The van der Waals surface area contributed by atoms with Gasteiger partial charge in [0.25, 0.3) is 11.5 Å². The number of hydrogen-bond acceptors (Lipinski definition) is 11. The average Bonchev–Trinajstić information content (AvgIpc) is 2.94. The highest BCUT2D eigenvalue weighted by Gasteiger charge is 2.46. The van der Waals surface area contributed by atoms with E-state index in [1.54, 1.807) is 17.0 Å². The van der Waals surface area contributed by atoms with Crippen molar-refractivity contribution in [2.75, 3.05) is 60.5 Å². The van der Waals surface area contributed by atoms with E-state index < -0.39 is 41.5 Å². The second kappa shape index (κ2) is 12.0. The van der Waals surface area contributed by atoms with Gasteiger partial charge in [0.1, 0.15) is 0 Å². The number of carbonyl (C=O) groups excluding carboxylic acids is 2. The molecule has 0 radical (unpaired) electrons. The highest BCUT2D eigenvalue weighted by Crippen LogP contribution is 2.26. The number of aliphatic carboxylic acids is 2. The molecule has 2 aromatic rings. The number of nitrogens with zero attached hydrogens (tertiary/aromatic N) is 3. The van der Waals surface area contributed by atoms with Crippen LogP contribution in [0.1, 0.15) is 23.2 Å². The number of nitrogen functional groups attached to an aromatic ring is 1. The van der Waals surface area contributed by atoms with E-state index in [2.05, 4.69) is 31.2 Å². The van der Waals surface area contributed by atoms with Crippen LogP contribution in [-0.2, 0) is 14.4 Å². The SMILES string of the molecule is Nc1nc2c(c(=O)[nH]1)N(C=O)C(CNc1ccc(C(=O)NC(CCC(=O)O)(C(=O)O)N3CCNCC3)cc1)CN2. The number of piperazine rings is 1. The van der Waals surface area contributed by atoms with E-state index in [4.69, 9.17) is 5.73 Å². The molecular formula is C24H31N9O7. The molecule has 1 fully saturated rings. The van der Waals surface area contributed by atoms with Crippen molar-refractivity contribution >= 4 is 47.4 Å². The van der Waals surface area contributed by atoms with E-state index in [-0.39, 0.29) is 36.0 Å². The molecule has 16 nitrogen and oxygen atoms in total. The number of nitrogens with one attached hydrogen (secondary N) is 5. The van der Waals surface area contributed by atoms with Crippen LogP contribution in [0.2, 0.25) is 0 Å². The lowest BCUT2D eigenvalue weighted by Gasteiger charge is -2.43. The number of carboxylic acid groups (broad SMARTS) is 2. The first-order valence-corrected chi connectivity index (χ1v) is 12.6. The molecule has 2 unspecified atom stereocenters. The predicted octanol–water partition coefficient (Wildman–Crippen LogP) is -1.50. The van der Waals surface area contributed by atoms with Crippen LogP contribution in [0, 0.1) is 0 Å². The Hall–Kier alpha value is -4.70. The molecule has 1 aromatic heterocycles. The van der Waals surface area contributed by atoms with Crippen LogP contribution in [0.4, 0.5) is 23.1 Å².